The summed E-state index contributed by atoms with van der Waals surface area (Å²) < 4.78 is 0. The molecule has 1 fully saturated rings. The highest BCUT2D eigenvalue weighted by Gasteiger charge is 2.19. The minimum Gasteiger partial charge on any atom is -0.399 e. The van der Waals surface area contributed by atoms with Crippen molar-refractivity contribution in [3.63, 3.8) is 0 Å². The van der Waals surface area contributed by atoms with Crippen LogP contribution in [0, 0.1) is 0 Å². The van der Waals surface area contributed by atoms with Crippen LogP contribution in [0.25, 0.3) is 0 Å². The molecule has 0 saturated carbocycles. The molecule has 2 aromatic rings. The van der Waals surface area contributed by atoms with Gasteiger partial charge in [-0.3, -0.25) is 0 Å². The Hall–Kier alpha value is -1.82. The maximum Gasteiger partial charge on any atom is 0.185 e. The molecule has 0 bridgehead atoms. The largest absolute Gasteiger partial charge is 0.399 e. The molecule has 0 radical (unpaired) electrons. The lowest BCUT2D eigenvalue weighted by Gasteiger charge is -2.35. The molecule has 0 aliphatic carbocycles. The van der Waals surface area contributed by atoms with Gasteiger partial charge in [-0.25, -0.2) is 9.97 Å². The normalized spacial score (nSPS) is 16.0. The number of hydrogen-bond acceptors (Lipinski definition) is 6. The summed E-state index contributed by atoms with van der Waals surface area (Å²) in [7, 11) is 0. The standard InChI is InChI=1S/C12H15N5S/c13-10-1-2-14-11(9-10)16-4-6-17(7-5-16)12-15-3-8-18-12/h1-3,8-9H,4-7H2,(H2,13,14). The van der Waals surface area contributed by atoms with Crippen LogP contribution in [0.4, 0.5) is 16.6 Å². The predicted molar refractivity (Wildman–Crippen MR) is 75.2 cm³/mol. The van der Waals surface area contributed by atoms with Gasteiger partial charge in [-0.1, -0.05) is 0 Å². The van der Waals surface area contributed by atoms with E-state index in [9.17, 15) is 0 Å². The highest BCUT2D eigenvalue weighted by molar-refractivity contribution is 7.13. The molecule has 6 heteroatoms. The zero-order chi connectivity index (χ0) is 12.4. The minimum atomic E-state index is 0.766. The van der Waals surface area contributed by atoms with Gasteiger partial charge in [-0.05, 0) is 6.07 Å². The molecule has 1 aliphatic heterocycles. The van der Waals surface area contributed by atoms with Crippen molar-refractivity contribution in [3.8, 4) is 0 Å². The van der Waals surface area contributed by atoms with Crippen LogP contribution in [0.3, 0.4) is 0 Å². The molecule has 3 heterocycles. The smallest absolute Gasteiger partial charge is 0.185 e. The van der Waals surface area contributed by atoms with Gasteiger partial charge in [0, 0.05) is 55.7 Å². The van der Waals surface area contributed by atoms with Crippen molar-refractivity contribution in [1.29, 1.82) is 0 Å². The fourth-order valence-corrected chi connectivity index (χ4v) is 2.80. The van der Waals surface area contributed by atoms with E-state index < -0.39 is 0 Å². The topological polar surface area (TPSA) is 58.3 Å². The van der Waals surface area contributed by atoms with E-state index in [1.807, 2.05) is 23.7 Å². The van der Waals surface area contributed by atoms with Gasteiger partial charge < -0.3 is 15.5 Å². The average molecular weight is 261 g/mol. The number of rotatable bonds is 2. The second-order valence-electron chi connectivity index (χ2n) is 4.24. The molecular formula is C12H15N5S. The number of nitrogens with two attached hydrogens (primary N) is 1. The van der Waals surface area contributed by atoms with Crippen molar-refractivity contribution in [2.24, 2.45) is 0 Å². The Morgan fingerprint density at radius 3 is 2.50 bits per heavy atom. The van der Waals surface area contributed by atoms with Crippen molar-refractivity contribution < 1.29 is 0 Å². The van der Waals surface area contributed by atoms with Crippen molar-refractivity contribution in [1.82, 2.24) is 9.97 Å². The third kappa shape index (κ3) is 2.24. The molecule has 0 unspecified atom stereocenters. The molecule has 0 spiro atoms. The molecule has 2 N–H and O–H groups in total. The van der Waals surface area contributed by atoms with Crippen LogP contribution in [0.1, 0.15) is 0 Å². The van der Waals surface area contributed by atoms with E-state index in [0.717, 1.165) is 42.8 Å². The Kier molecular flexibility index (Phi) is 3.02. The van der Waals surface area contributed by atoms with E-state index in [1.54, 1.807) is 17.5 Å². The Morgan fingerprint density at radius 1 is 1.06 bits per heavy atom. The maximum atomic E-state index is 5.78. The molecule has 0 aromatic carbocycles. The SMILES string of the molecule is Nc1ccnc(N2CCN(c3nccs3)CC2)c1. The Balaban J connectivity index is 1.67. The van der Waals surface area contributed by atoms with Crippen molar-refractivity contribution in [3.05, 3.63) is 29.9 Å². The van der Waals surface area contributed by atoms with Gasteiger partial charge in [0.2, 0.25) is 0 Å². The molecule has 2 aromatic heterocycles. The third-order valence-electron chi connectivity index (χ3n) is 3.06. The first-order valence-corrected chi connectivity index (χ1v) is 6.82. The van der Waals surface area contributed by atoms with Crippen LogP contribution in [0.5, 0.6) is 0 Å². The van der Waals surface area contributed by atoms with Gasteiger partial charge in [0.15, 0.2) is 5.13 Å². The molecule has 0 amide bonds. The first kappa shape index (κ1) is 11.3. The van der Waals surface area contributed by atoms with Crippen LogP contribution >= 0.6 is 11.3 Å². The second-order valence-corrected chi connectivity index (χ2v) is 5.11. The lowest BCUT2D eigenvalue weighted by Crippen LogP contribution is -2.46. The van der Waals surface area contributed by atoms with Crippen LogP contribution < -0.4 is 15.5 Å². The number of thiazole rings is 1. The monoisotopic (exact) mass is 261 g/mol. The van der Waals surface area contributed by atoms with Crippen LogP contribution in [-0.2, 0) is 0 Å². The molecule has 5 nitrogen and oxygen atoms in total. The summed E-state index contributed by atoms with van der Waals surface area (Å²) in [6, 6.07) is 3.74. The number of anilines is 3. The maximum absolute atomic E-state index is 5.78. The number of hydrogen-bond donors (Lipinski definition) is 1. The summed E-state index contributed by atoms with van der Waals surface area (Å²) in [5, 5.41) is 3.12. The van der Waals surface area contributed by atoms with Gasteiger partial charge in [0.1, 0.15) is 5.82 Å². The number of pyridine rings is 1. The van der Waals surface area contributed by atoms with Crippen LogP contribution in [0.15, 0.2) is 29.9 Å². The lowest BCUT2D eigenvalue weighted by molar-refractivity contribution is 0.646. The Bertz CT molecular complexity index is 505. The lowest BCUT2D eigenvalue weighted by atomic mass is 10.3. The minimum absolute atomic E-state index is 0.766. The summed E-state index contributed by atoms with van der Waals surface area (Å²) in [5.74, 6) is 0.966. The molecular weight excluding hydrogens is 246 g/mol. The van der Waals surface area contributed by atoms with E-state index >= 15 is 0 Å². The molecule has 1 saturated heterocycles. The second kappa shape index (κ2) is 4.81. The summed E-state index contributed by atoms with van der Waals surface area (Å²) in [6.07, 6.45) is 3.61. The van der Waals surface area contributed by atoms with Crippen molar-refractivity contribution >= 4 is 28.0 Å². The Morgan fingerprint density at radius 2 is 1.83 bits per heavy atom. The van der Waals surface area contributed by atoms with Gasteiger partial charge >= 0.3 is 0 Å². The van der Waals surface area contributed by atoms with Crippen molar-refractivity contribution in [2.75, 3.05) is 41.7 Å². The zero-order valence-electron chi connectivity index (χ0n) is 9.99. The molecule has 94 valence electrons. The van der Waals surface area contributed by atoms with E-state index in [1.165, 1.54) is 0 Å². The van der Waals surface area contributed by atoms with E-state index in [2.05, 4.69) is 19.8 Å². The number of nitrogens with zero attached hydrogens (tertiary/aromatic N) is 4. The van der Waals surface area contributed by atoms with Gasteiger partial charge in [-0.2, -0.15) is 0 Å². The quantitative estimate of drug-likeness (QED) is 0.886. The first-order chi connectivity index (χ1) is 8.83. The molecule has 1 aliphatic rings. The van der Waals surface area contributed by atoms with E-state index in [4.69, 9.17) is 5.73 Å². The van der Waals surface area contributed by atoms with Gasteiger partial charge in [0.05, 0.1) is 0 Å². The molecule has 18 heavy (non-hydrogen) atoms. The zero-order valence-corrected chi connectivity index (χ0v) is 10.8. The van der Waals surface area contributed by atoms with Gasteiger partial charge in [0.25, 0.3) is 0 Å². The summed E-state index contributed by atoms with van der Waals surface area (Å²) in [6.45, 7) is 3.86. The number of piperazine rings is 1. The highest BCUT2D eigenvalue weighted by atomic mass is 32.1. The molecule has 3 rings (SSSR count). The van der Waals surface area contributed by atoms with Gasteiger partial charge in [-0.15, -0.1) is 11.3 Å². The third-order valence-corrected chi connectivity index (χ3v) is 3.90. The summed E-state index contributed by atoms with van der Waals surface area (Å²) >= 11 is 1.69. The predicted octanol–water partition coefficient (Wildman–Crippen LogP) is 1.45. The highest BCUT2D eigenvalue weighted by Crippen LogP contribution is 2.21. The molecule has 0 atom stereocenters. The van der Waals surface area contributed by atoms with E-state index in [-0.39, 0.29) is 0 Å². The fourth-order valence-electron chi connectivity index (χ4n) is 2.11. The van der Waals surface area contributed by atoms with Crippen LogP contribution in [-0.4, -0.2) is 36.1 Å². The summed E-state index contributed by atoms with van der Waals surface area (Å²) in [5.41, 5.74) is 6.55. The van der Waals surface area contributed by atoms with Crippen molar-refractivity contribution in [2.45, 2.75) is 0 Å². The first-order valence-electron chi connectivity index (χ1n) is 5.94. The number of aromatic nitrogens is 2. The van der Waals surface area contributed by atoms with E-state index in [0.29, 0.717) is 0 Å². The average Bonchev–Trinajstić information content (AvgIpc) is 2.93. The fraction of sp³-hybridized carbons (Fsp3) is 0.333. The summed E-state index contributed by atoms with van der Waals surface area (Å²) in [4.78, 5) is 13.3. The number of nitrogen functional groups attached to an aromatic ring is 1. The van der Waals surface area contributed by atoms with Crippen LogP contribution in [0.2, 0.25) is 0 Å². The Labute approximate surface area is 110 Å².